The second kappa shape index (κ2) is 7.95. The van der Waals surface area contributed by atoms with Gasteiger partial charge in [0.15, 0.2) is 5.78 Å². The van der Waals surface area contributed by atoms with E-state index in [1.807, 2.05) is 43.3 Å². The fourth-order valence-corrected chi connectivity index (χ4v) is 3.18. The van der Waals surface area contributed by atoms with Crippen molar-refractivity contribution in [1.29, 1.82) is 0 Å². The summed E-state index contributed by atoms with van der Waals surface area (Å²) < 4.78 is 0. The Kier molecular flexibility index (Phi) is 5.97. The van der Waals surface area contributed by atoms with Gasteiger partial charge in [0, 0.05) is 38.4 Å². The predicted octanol–water partition coefficient (Wildman–Crippen LogP) is 3.69. The molecule has 0 atom stereocenters. The monoisotopic (exact) mass is 315 g/mol. The summed E-state index contributed by atoms with van der Waals surface area (Å²) in [5.74, 6) is 0.125. The van der Waals surface area contributed by atoms with Gasteiger partial charge in [0.25, 0.3) is 0 Å². The van der Waals surface area contributed by atoms with E-state index in [2.05, 4.69) is 0 Å². The van der Waals surface area contributed by atoms with Gasteiger partial charge in [-0.05, 0) is 43.1 Å². The summed E-state index contributed by atoms with van der Waals surface area (Å²) in [6.07, 6.45) is 7.63. The highest BCUT2D eigenvalue weighted by Crippen LogP contribution is 2.37. The van der Waals surface area contributed by atoms with Gasteiger partial charge in [-0.25, -0.2) is 0 Å². The van der Waals surface area contributed by atoms with Gasteiger partial charge in [0.2, 0.25) is 0 Å². The van der Waals surface area contributed by atoms with E-state index in [-0.39, 0.29) is 5.78 Å². The molecular formula is C19H25NO3. The molecule has 1 aliphatic rings. The largest absolute Gasteiger partial charge is 0.481 e. The molecule has 124 valence electrons. The minimum absolute atomic E-state index is 0.00964. The zero-order chi connectivity index (χ0) is 16.8. The normalized spacial score (nSPS) is 21.3. The fraction of sp³-hybridized carbons (Fsp3) is 0.474. The SMILES string of the molecule is CN(C)C=CC(=O)c1ccc(C2CCC(CC(=O)O)CC2)cc1. The van der Waals surface area contributed by atoms with Crippen LogP contribution in [0.1, 0.15) is 53.9 Å². The van der Waals surface area contributed by atoms with E-state index < -0.39 is 5.97 Å². The first-order valence-electron chi connectivity index (χ1n) is 8.16. The molecule has 0 aromatic heterocycles. The summed E-state index contributed by atoms with van der Waals surface area (Å²) in [5.41, 5.74) is 1.96. The lowest BCUT2D eigenvalue weighted by Gasteiger charge is -2.28. The molecule has 0 unspecified atom stereocenters. The van der Waals surface area contributed by atoms with Gasteiger partial charge in [-0.15, -0.1) is 0 Å². The number of hydrogen-bond acceptors (Lipinski definition) is 3. The molecule has 23 heavy (non-hydrogen) atoms. The lowest BCUT2D eigenvalue weighted by Crippen LogP contribution is -2.16. The van der Waals surface area contributed by atoms with E-state index in [1.54, 1.807) is 12.3 Å². The number of aliphatic carboxylic acids is 1. The van der Waals surface area contributed by atoms with E-state index in [1.165, 1.54) is 5.56 Å². The number of carboxylic acids is 1. The maximum atomic E-state index is 12.0. The van der Waals surface area contributed by atoms with E-state index in [9.17, 15) is 9.59 Å². The Labute approximate surface area is 137 Å². The number of ketones is 1. The molecule has 0 radical (unpaired) electrons. The number of nitrogens with zero attached hydrogens (tertiary/aromatic N) is 1. The Bertz CT molecular complexity index is 567. The highest BCUT2D eigenvalue weighted by atomic mass is 16.4. The molecule has 2 rings (SSSR count). The van der Waals surface area contributed by atoms with Crippen molar-refractivity contribution < 1.29 is 14.7 Å². The molecule has 0 saturated heterocycles. The lowest BCUT2D eigenvalue weighted by molar-refractivity contribution is -0.138. The predicted molar refractivity (Wildman–Crippen MR) is 90.6 cm³/mol. The van der Waals surface area contributed by atoms with Crippen LogP contribution in [0.5, 0.6) is 0 Å². The molecule has 0 spiro atoms. The van der Waals surface area contributed by atoms with Crippen LogP contribution in [0.2, 0.25) is 0 Å². The first-order chi connectivity index (χ1) is 11.0. The third kappa shape index (κ3) is 5.23. The van der Waals surface area contributed by atoms with Crippen LogP contribution >= 0.6 is 0 Å². The molecule has 1 saturated carbocycles. The summed E-state index contributed by atoms with van der Waals surface area (Å²) in [7, 11) is 3.77. The van der Waals surface area contributed by atoms with E-state index in [4.69, 9.17) is 5.11 Å². The molecule has 0 heterocycles. The smallest absolute Gasteiger partial charge is 0.303 e. The summed E-state index contributed by atoms with van der Waals surface area (Å²) in [6.45, 7) is 0. The Hall–Kier alpha value is -2.10. The fourth-order valence-electron chi connectivity index (χ4n) is 3.18. The van der Waals surface area contributed by atoms with Crippen molar-refractivity contribution in [3.63, 3.8) is 0 Å². The van der Waals surface area contributed by atoms with Gasteiger partial charge >= 0.3 is 5.97 Å². The summed E-state index contributed by atoms with van der Waals surface area (Å²) in [5, 5.41) is 8.87. The minimum atomic E-state index is -0.693. The Morgan fingerprint density at radius 3 is 2.26 bits per heavy atom. The second-order valence-corrected chi connectivity index (χ2v) is 6.58. The zero-order valence-corrected chi connectivity index (χ0v) is 13.9. The lowest BCUT2D eigenvalue weighted by atomic mass is 9.77. The molecule has 0 aliphatic heterocycles. The van der Waals surface area contributed by atoms with Crippen LogP contribution in [0.4, 0.5) is 0 Å². The highest BCUT2D eigenvalue weighted by molar-refractivity contribution is 6.04. The summed E-state index contributed by atoms with van der Waals surface area (Å²) >= 11 is 0. The Morgan fingerprint density at radius 1 is 1.13 bits per heavy atom. The summed E-state index contributed by atoms with van der Waals surface area (Å²) in [4.78, 5) is 24.6. The van der Waals surface area contributed by atoms with Crippen molar-refractivity contribution in [1.82, 2.24) is 4.90 Å². The van der Waals surface area contributed by atoms with Crippen LogP contribution < -0.4 is 0 Å². The molecule has 1 fully saturated rings. The van der Waals surface area contributed by atoms with E-state index >= 15 is 0 Å². The van der Waals surface area contributed by atoms with Gasteiger partial charge in [0.05, 0.1) is 0 Å². The number of carboxylic acid groups (broad SMARTS) is 1. The van der Waals surface area contributed by atoms with Crippen LogP contribution in [0.3, 0.4) is 0 Å². The van der Waals surface area contributed by atoms with Crippen molar-refractivity contribution >= 4 is 11.8 Å². The zero-order valence-electron chi connectivity index (χ0n) is 13.9. The molecule has 4 nitrogen and oxygen atoms in total. The van der Waals surface area contributed by atoms with Crippen LogP contribution in [0.25, 0.3) is 0 Å². The average molecular weight is 315 g/mol. The van der Waals surface area contributed by atoms with Crippen LogP contribution in [0, 0.1) is 5.92 Å². The first-order valence-corrected chi connectivity index (χ1v) is 8.16. The number of carbonyl (C=O) groups excluding carboxylic acids is 1. The molecule has 0 amide bonds. The number of allylic oxidation sites excluding steroid dienone is 1. The van der Waals surface area contributed by atoms with E-state index in [0.717, 1.165) is 25.7 Å². The van der Waals surface area contributed by atoms with E-state index in [0.29, 0.717) is 23.8 Å². The van der Waals surface area contributed by atoms with Crippen molar-refractivity contribution in [3.05, 3.63) is 47.7 Å². The molecule has 1 aromatic carbocycles. The number of benzene rings is 1. The van der Waals surface area contributed by atoms with Gasteiger partial charge in [-0.1, -0.05) is 24.3 Å². The highest BCUT2D eigenvalue weighted by Gasteiger charge is 2.23. The van der Waals surface area contributed by atoms with Crippen molar-refractivity contribution in [2.45, 2.75) is 38.0 Å². The molecule has 1 aromatic rings. The average Bonchev–Trinajstić information content (AvgIpc) is 2.53. The number of rotatable bonds is 6. The number of carbonyl (C=O) groups is 2. The molecule has 1 N–H and O–H groups in total. The molecular weight excluding hydrogens is 290 g/mol. The Morgan fingerprint density at radius 2 is 1.74 bits per heavy atom. The van der Waals surface area contributed by atoms with Crippen molar-refractivity contribution in [2.75, 3.05) is 14.1 Å². The first kappa shape index (κ1) is 17.3. The molecule has 1 aliphatic carbocycles. The van der Waals surface area contributed by atoms with Gasteiger partial charge in [-0.2, -0.15) is 0 Å². The minimum Gasteiger partial charge on any atom is -0.481 e. The van der Waals surface area contributed by atoms with Crippen molar-refractivity contribution in [3.8, 4) is 0 Å². The standard InChI is InChI=1S/C19H25NO3/c1-20(2)12-11-18(21)17-9-7-16(8-10-17)15-5-3-14(4-6-15)13-19(22)23/h7-12,14-15H,3-6,13H2,1-2H3,(H,22,23). The number of hydrogen-bond donors (Lipinski definition) is 1. The van der Waals surface area contributed by atoms with Crippen molar-refractivity contribution in [2.24, 2.45) is 5.92 Å². The molecule has 4 heteroatoms. The maximum absolute atomic E-state index is 12.0. The van der Waals surface area contributed by atoms with Gasteiger partial charge in [0.1, 0.15) is 0 Å². The maximum Gasteiger partial charge on any atom is 0.303 e. The summed E-state index contributed by atoms with van der Waals surface area (Å²) in [6, 6.07) is 7.86. The van der Waals surface area contributed by atoms with Crippen LogP contribution in [-0.4, -0.2) is 35.9 Å². The van der Waals surface area contributed by atoms with Crippen LogP contribution in [0.15, 0.2) is 36.5 Å². The third-order valence-electron chi connectivity index (χ3n) is 4.50. The van der Waals surface area contributed by atoms with Gasteiger partial charge in [-0.3, -0.25) is 9.59 Å². The van der Waals surface area contributed by atoms with Crippen LogP contribution in [-0.2, 0) is 4.79 Å². The quantitative estimate of drug-likeness (QED) is 0.642. The topological polar surface area (TPSA) is 57.6 Å². The molecule has 0 bridgehead atoms. The Balaban J connectivity index is 1.93. The third-order valence-corrected chi connectivity index (χ3v) is 4.50. The van der Waals surface area contributed by atoms with Gasteiger partial charge < -0.3 is 10.0 Å². The second-order valence-electron chi connectivity index (χ2n) is 6.58.